The molecule has 7 nitrogen and oxygen atoms in total. The van der Waals surface area contributed by atoms with E-state index in [0.29, 0.717) is 24.7 Å². The number of Topliss-reactive ketones (excluding diaryl/α,β-unsaturated/α-hetero) is 1. The average Bonchev–Trinajstić information content (AvgIpc) is 3.22. The van der Waals surface area contributed by atoms with E-state index in [1.807, 2.05) is 0 Å². The molecule has 1 amide bonds. The first-order valence-electron chi connectivity index (χ1n) is 11.2. The standard InChI is InChI=1S/C27H19F3N2O5/c1-14(33)22-19-12-17(26(31)35)7-8-32(19)24(23(22)15-3-2-4-18(11-15)27(28,29)30)25(34)16-5-6-20-21(13-16)37-10-9-36-20/h2-8,11-13H,9-10H2,1H3,(H2,31,35). The largest absolute Gasteiger partial charge is 0.486 e. The number of carbonyl (C=O) groups excluding carboxylic acids is 3. The van der Waals surface area contributed by atoms with E-state index < -0.39 is 29.2 Å². The summed E-state index contributed by atoms with van der Waals surface area (Å²) in [4.78, 5) is 38.7. The monoisotopic (exact) mass is 508 g/mol. The van der Waals surface area contributed by atoms with Gasteiger partial charge in [0, 0.05) is 22.9 Å². The SMILES string of the molecule is CC(=O)c1c(-c2cccc(C(F)(F)F)c2)c(C(=O)c2ccc3c(c2)OCCO3)n2ccc(C(N)=O)cc12. The topological polar surface area (TPSA) is 100 Å². The fourth-order valence-corrected chi connectivity index (χ4v) is 4.44. The Bertz CT molecular complexity index is 1600. The Hall–Kier alpha value is -4.60. The van der Waals surface area contributed by atoms with Crippen molar-refractivity contribution in [2.24, 2.45) is 5.73 Å². The van der Waals surface area contributed by atoms with E-state index in [-0.39, 0.29) is 39.0 Å². The third-order valence-electron chi connectivity index (χ3n) is 6.07. The minimum Gasteiger partial charge on any atom is -0.486 e. The van der Waals surface area contributed by atoms with Crippen LogP contribution in [0.25, 0.3) is 16.6 Å². The van der Waals surface area contributed by atoms with Crippen molar-refractivity contribution in [3.8, 4) is 22.6 Å². The van der Waals surface area contributed by atoms with Crippen LogP contribution in [0.1, 0.15) is 49.3 Å². The van der Waals surface area contributed by atoms with E-state index in [4.69, 9.17) is 15.2 Å². The van der Waals surface area contributed by atoms with Crippen LogP contribution in [0.2, 0.25) is 0 Å². The van der Waals surface area contributed by atoms with Gasteiger partial charge in [-0.25, -0.2) is 0 Å². The highest BCUT2D eigenvalue weighted by Crippen LogP contribution is 2.39. The molecular formula is C27H19F3N2O5. The Labute approximate surface area is 208 Å². The number of hydrogen-bond acceptors (Lipinski definition) is 5. The van der Waals surface area contributed by atoms with Crippen molar-refractivity contribution in [2.45, 2.75) is 13.1 Å². The first-order valence-corrected chi connectivity index (χ1v) is 11.2. The van der Waals surface area contributed by atoms with Gasteiger partial charge in [0.1, 0.15) is 18.9 Å². The van der Waals surface area contributed by atoms with Crippen molar-refractivity contribution in [2.75, 3.05) is 13.2 Å². The van der Waals surface area contributed by atoms with Crippen molar-refractivity contribution in [3.63, 3.8) is 0 Å². The lowest BCUT2D eigenvalue weighted by molar-refractivity contribution is -0.137. The number of nitrogens with zero attached hydrogens (tertiary/aromatic N) is 1. The van der Waals surface area contributed by atoms with Crippen LogP contribution in [0.3, 0.4) is 0 Å². The van der Waals surface area contributed by atoms with Gasteiger partial charge in [-0.3, -0.25) is 14.4 Å². The number of halogens is 3. The molecule has 1 aliphatic heterocycles. The van der Waals surface area contributed by atoms with Gasteiger partial charge in [0.2, 0.25) is 11.7 Å². The van der Waals surface area contributed by atoms with Gasteiger partial charge in [0.15, 0.2) is 17.3 Å². The molecule has 10 heteroatoms. The van der Waals surface area contributed by atoms with E-state index in [2.05, 4.69) is 0 Å². The zero-order valence-electron chi connectivity index (χ0n) is 19.4. The van der Waals surface area contributed by atoms with Crippen molar-refractivity contribution >= 4 is 23.0 Å². The molecule has 2 aromatic carbocycles. The number of pyridine rings is 1. The number of amides is 1. The van der Waals surface area contributed by atoms with Crippen LogP contribution < -0.4 is 15.2 Å². The van der Waals surface area contributed by atoms with Crippen LogP contribution in [0, 0.1) is 0 Å². The van der Waals surface area contributed by atoms with Crippen LogP contribution in [-0.4, -0.2) is 35.1 Å². The van der Waals surface area contributed by atoms with Gasteiger partial charge in [-0.05, 0) is 55.0 Å². The average molecular weight is 508 g/mol. The predicted octanol–water partition coefficient (Wildman–Crippen LogP) is 4.93. The molecule has 5 rings (SSSR count). The zero-order valence-corrected chi connectivity index (χ0v) is 19.4. The number of carbonyl (C=O) groups is 3. The fourth-order valence-electron chi connectivity index (χ4n) is 4.44. The molecule has 2 N–H and O–H groups in total. The molecule has 4 aromatic rings. The van der Waals surface area contributed by atoms with E-state index in [0.717, 1.165) is 12.1 Å². The highest BCUT2D eigenvalue weighted by atomic mass is 19.4. The van der Waals surface area contributed by atoms with Crippen molar-refractivity contribution < 1.29 is 37.0 Å². The third-order valence-corrected chi connectivity index (χ3v) is 6.07. The highest BCUT2D eigenvalue weighted by Gasteiger charge is 2.33. The lowest BCUT2D eigenvalue weighted by Crippen LogP contribution is -2.16. The maximum Gasteiger partial charge on any atom is 0.416 e. The van der Waals surface area contributed by atoms with Gasteiger partial charge < -0.3 is 19.6 Å². The summed E-state index contributed by atoms with van der Waals surface area (Å²) < 4.78 is 53.1. The Morgan fingerprint density at radius 1 is 0.919 bits per heavy atom. The number of rotatable bonds is 5. The van der Waals surface area contributed by atoms with Gasteiger partial charge in [0.25, 0.3) is 0 Å². The Morgan fingerprint density at radius 3 is 2.32 bits per heavy atom. The van der Waals surface area contributed by atoms with E-state index >= 15 is 0 Å². The van der Waals surface area contributed by atoms with Gasteiger partial charge in [-0.1, -0.05) is 12.1 Å². The van der Waals surface area contributed by atoms with Crippen molar-refractivity contribution in [3.05, 3.63) is 88.7 Å². The number of nitrogens with two attached hydrogens (primary N) is 1. The second kappa shape index (κ2) is 8.81. The molecule has 0 saturated heterocycles. The summed E-state index contributed by atoms with van der Waals surface area (Å²) in [7, 11) is 0. The van der Waals surface area contributed by atoms with E-state index in [9.17, 15) is 27.6 Å². The zero-order chi connectivity index (χ0) is 26.5. The Balaban J connectivity index is 1.83. The number of primary amides is 1. The molecule has 1 aliphatic rings. The summed E-state index contributed by atoms with van der Waals surface area (Å²) in [5.41, 5.74) is 4.86. The highest BCUT2D eigenvalue weighted by molar-refractivity contribution is 6.19. The summed E-state index contributed by atoms with van der Waals surface area (Å²) in [5, 5.41) is 0. The molecule has 0 bridgehead atoms. The number of alkyl halides is 3. The normalized spacial score (nSPS) is 13.0. The maximum atomic E-state index is 13.9. The minimum absolute atomic E-state index is 0.0108. The molecule has 0 spiro atoms. The van der Waals surface area contributed by atoms with Crippen molar-refractivity contribution in [1.82, 2.24) is 4.40 Å². The van der Waals surface area contributed by atoms with Gasteiger partial charge >= 0.3 is 6.18 Å². The molecule has 188 valence electrons. The number of benzene rings is 2. The Kier molecular flexibility index (Phi) is 5.74. The molecule has 0 radical (unpaired) electrons. The first-order chi connectivity index (χ1) is 17.6. The summed E-state index contributed by atoms with van der Waals surface area (Å²) in [6.45, 7) is 1.88. The molecule has 0 fully saturated rings. The fraction of sp³-hybridized carbons (Fsp3) is 0.148. The van der Waals surface area contributed by atoms with Crippen LogP contribution in [0.5, 0.6) is 11.5 Å². The molecule has 37 heavy (non-hydrogen) atoms. The second-order valence-corrected chi connectivity index (χ2v) is 8.46. The lowest BCUT2D eigenvalue weighted by atomic mass is 9.94. The van der Waals surface area contributed by atoms with Crippen molar-refractivity contribution in [1.29, 1.82) is 0 Å². The third kappa shape index (κ3) is 4.20. The number of aromatic nitrogens is 1. The number of hydrogen-bond donors (Lipinski definition) is 1. The second-order valence-electron chi connectivity index (χ2n) is 8.46. The lowest BCUT2D eigenvalue weighted by Gasteiger charge is -2.18. The summed E-state index contributed by atoms with van der Waals surface area (Å²) in [6, 6.07) is 11.7. The summed E-state index contributed by atoms with van der Waals surface area (Å²) in [5.74, 6) is -1.04. The van der Waals surface area contributed by atoms with Crippen LogP contribution >= 0.6 is 0 Å². The molecular weight excluding hydrogens is 489 g/mol. The predicted molar refractivity (Wildman–Crippen MR) is 127 cm³/mol. The first kappa shape index (κ1) is 24.1. The molecule has 0 atom stereocenters. The van der Waals surface area contributed by atoms with E-state index in [1.54, 1.807) is 6.07 Å². The van der Waals surface area contributed by atoms with Crippen LogP contribution in [-0.2, 0) is 6.18 Å². The number of ketones is 2. The molecule has 2 aromatic heterocycles. The minimum atomic E-state index is -4.65. The maximum absolute atomic E-state index is 13.9. The summed E-state index contributed by atoms with van der Waals surface area (Å²) in [6.07, 6.45) is -3.26. The van der Waals surface area contributed by atoms with Gasteiger partial charge in [-0.15, -0.1) is 0 Å². The van der Waals surface area contributed by atoms with Crippen LogP contribution in [0.4, 0.5) is 13.2 Å². The number of fused-ring (bicyclic) bond motifs is 2. The summed E-state index contributed by atoms with van der Waals surface area (Å²) >= 11 is 0. The van der Waals surface area contributed by atoms with Crippen LogP contribution in [0.15, 0.2) is 60.8 Å². The Morgan fingerprint density at radius 2 is 1.65 bits per heavy atom. The van der Waals surface area contributed by atoms with Gasteiger partial charge in [0.05, 0.1) is 16.6 Å². The van der Waals surface area contributed by atoms with E-state index in [1.165, 1.54) is 53.9 Å². The number of ether oxygens (including phenoxy) is 2. The molecule has 3 heterocycles. The smallest absolute Gasteiger partial charge is 0.416 e. The van der Waals surface area contributed by atoms with Gasteiger partial charge in [-0.2, -0.15) is 13.2 Å². The molecule has 0 aliphatic carbocycles. The molecule has 0 unspecified atom stereocenters. The molecule has 0 saturated carbocycles. The quantitative estimate of drug-likeness (QED) is 0.386.